The van der Waals surface area contributed by atoms with Crippen LogP contribution in [0.4, 0.5) is 0 Å². The number of carbonyl (C=O) groups excluding carboxylic acids is 1. The van der Waals surface area contributed by atoms with Crippen molar-refractivity contribution < 1.29 is 19.8 Å². The monoisotopic (exact) mass is 320 g/mol. The normalized spacial score (nSPS) is 12.2. The van der Waals surface area contributed by atoms with Gasteiger partial charge in [0.1, 0.15) is 0 Å². The predicted octanol–water partition coefficient (Wildman–Crippen LogP) is 1.92. The third-order valence-electron chi connectivity index (χ3n) is 2.16. The van der Waals surface area contributed by atoms with Gasteiger partial charge in [-0.25, -0.2) is 4.79 Å². The number of aliphatic hydroxyl groups excluding tert-OH is 1. The molecule has 0 fully saturated rings. The van der Waals surface area contributed by atoms with Crippen LogP contribution < -0.4 is 0 Å². The van der Waals surface area contributed by atoms with Crippen LogP contribution in [0.1, 0.15) is 17.2 Å². The Labute approximate surface area is 111 Å². The molecule has 0 amide bonds. The molecular formula is C11H10BrClO4. The molecule has 1 aromatic carbocycles. The van der Waals surface area contributed by atoms with Crippen LogP contribution in [0.15, 0.2) is 22.7 Å². The van der Waals surface area contributed by atoms with Crippen LogP contribution in [0, 0.1) is 0 Å². The van der Waals surface area contributed by atoms with Gasteiger partial charge in [0.2, 0.25) is 0 Å². The van der Waals surface area contributed by atoms with Gasteiger partial charge in [0.15, 0.2) is 11.9 Å². The summed E-state index contributed by atoms with van der Waals surface area (Å²) in [7, 11) is 0. The van der Waals surface area contributed by atoms with E-state index < -0.39 is 12.1 Å². The van der Waals surface area contributed by atoms with Crippen molar-refractivity contribution in [3.05, 3.63) is 33.8 Å². The highest BCUT2D eigenvalue weighted by Crippen LogP contribution is 2.23. The molecule has 0 heterocycles. The van der Waals surface area contributed by atoms with Crippen LogP contribution in [-0.2, 0) is 16.0 Å². The maximum absolute atomic E-state index is 11.2. The van der Waals surface area contributed by atoms with Gasteiger partial charge in [-0.05, 0) is 17.2 Å². The average Bonchev–Trinajstić information content (AvgIpc) is 2.30. The molecule has 0 spiro atoms. The molecule has 2 N–H and O–H groups in total. The molecule has 1 aromatic rings. The number of hydrogen-bond acceptors (Lipinski definition) is 3. The van der Waals surface area contributed by atoms with E-state index in [2.05, 4.69) is 15.9 Å². The van der Waals surface area contributed by atoms with Crippen LogP contribution in [0.5, 0.6) is 0 Å². The Morgan fingerprint density at radius 2 is 2.06 bits per heavy atom. The zero-order valence-corrected chi connectivity index (χ0v) is 11.0. The van der Waals surface area contributed by atoms with E-state index in [1.807, 2.05) is 0 Å². The van der Waals surface area contributed by atoms with E-state index in [9.17, 15) is 14.7 Å². The minimum absolute atomic E-state index is 0.0991. The maximum Gasteiger partial charge on any atom is 0.337 e. The van der Waals surface area contributed by atoms with Gasteiger partial charge in [0, 0.05) is 10.9 Å². The first-order chi connectivity index (χ1) is 7.95. The molecule has 0 saturated carbocycles. The molecule has 0 bridgehead atoms. The van der Waals surface area contributed by atoms with E-state index >= 15 is 0 Å². The first-order valence-corrected chi connectivity index (χ1v) is 6.05. The maximum atomic E-state index is 11.2. The molecule has 1 rings (SSSR count). The molecule has 6 heteroatoms. The van der Waals surface area contributed by atoms with E-state index in [-0.39, 0.29) is 23.6 Å². The first-order valence-electron chi connectivity index (χ1n) is 4.72. The number of carboxylic acids is 1. The molecule has 92 valence electrons. The second-order valence-corrected chi connectivity index (χ2v) is 4.56. The van der Waals surface area contributed by atoms with Crippen molar-refractivity contribution in [1.29, 1.82) is 0 Å². The van der Waals surface area contributed by atoms with E-state index in [1.54, 1.807) is 6.07 Å². The molecule has 1 unspecified atom stereocenters. The van der Waals surface area contributed by atoms with Gasteiger partial charge in [0.05, 0.1) is 5.88 Å². The summed E-state index contributed by atoms with van der Waals surface area (Å²) >= 11 is 8.65. The number of ketones is 1. The fourth-order valence-corrected chi connectivity index (χ4v) is 1.78. The molecule has 4 nitrogen and oxygen atoms in total. The smallest absolute Gasteiger partial charge is 0.337 e. The number of Topliss-reactive ketones (excluding diaryl/α,β-unsaturated/α-hetero) is 1. The first kappa shape index (κ1) is 14.2. The number of benzene rings is 1. The van der Waals surface area contributed by atoms with Gasteiger partial charge in [-0.1, -0.05) is 28.1 Å². The Morgan fingerprint density at radius 1 is 1.41 bits per heavy atom. The van der Waals surface area contributed by atoms with Gasteiger partial charge in [-0.3, -0.25) is 4.79 Å². The van der Waals surface area contributed by atoms with Crippen molar-refractivity contribution in [3.8, 4) is 0 Å². The molecule has 0 saturated heterocycles. The molecule has 0 radical (unpaired) electrons. The SMILES string of the molecule is O=C(CCl)Cc1cc(C(O)C(=O)O)ccc1Br. The van der Waals surface area contributed by atoms with E-state index in [4.69, 9.17) is 16.7 Å². The van der Waals surface area contributed by atoms with Crippen molar-refractivity contribution in [2.75, 3.05) is 5.88 Å². The van der Waals surface area contributed by atoms with Gasteiger partial charge >= 0.3 is 5.97 Å². The van der Waals surface area contributed by atoms with Crippen LogP contribution in [0.2, 0.25) is 0 Å². The molecule has 0 aliphatic rings. The minimum atomic E-state index is -1.59. The highest BCUT2D eigenvalue weighted by atomic mass is 79.9. The van der Waals surface area contributed by atoms with Gasteiger partial charge in [0.25, 0.3) is 0 Å². The van der Waals surface area contributed by atoms with E-state index in [0.717, 1.165) is 0 Å². The number of halogens is 2. The van der Waals surface area contributed by atoms with Crippen LogP contribution in [0.25, 0.3) is 0 Å². The highest BCUT2D eigenvalue weighted by molar-refractivity contribution is 9.10. The quantitative estimate of drug-likeness (QED) is 0.813. The van der Waals surface area contributed by atoms with Gasteiger partial charge < -0.3 is 10.2 Å². The van der Waals surface area contributed by atoms with Gasteiger partial charge in [-0.2, -0.15) is 0 Å². The van der Waals surface area contributed by atoms with Crippen molar-refractivity contribution in [3.63, 3.8) is 0 Å². The summed E-state index contributed by atoms with van der Waals surface area (Å²) in [4.78, 5) is 21.8. The lowest BCUT2D eigenvalue weighted by atomic mass is 10.0. The molecule has 0 aliphatic heterocycles. The second-order valence-electron chi connectivity index (χ2n) is 3.44. The number of rotatable bonds is 5. The number of carboxylic acid groups (broad SMARTS) is 1. The molecule has 1 atom stereocenters. The summed E-state index contributed by atoms with van der Waals surface area (Å²) in [6.45, 7) is 0. The predicted molar refractivity (Wildman–Crippen MR) is 66.2 cm³/mol. The lowest BCUT2D eigenvalue weighted by Crippen LogP contribution is -2.11. The summed E-state index contributed by atoms with van der Waals surface area (Å²) in [5, 5.41) is 18.1. The van der Waals surface area contributed by atoms with Crippen molar-refractivity contribution in [1.82, 2.24) is 0 Å². The van der Waals surface area contributed by atoms with Crippen LogP contribution in [0.3, 0.4) is 0 Å². The Bertz CT molecular complexity index is 447. The number of hydrogen-bond donors (Lipinski definition) is 2. The Kier molecular flexibility index (Phi) is 5.11. The third kappa shape index (κ3) is 3.80. The number of carbonyl (C=O) groups is 2. The lowest BCUT2D eigenvalue weighted by molar-refractivity contribution is -0.146. The molecule has 17 heavy (non-hydrogen) atoms. The minimum Gasteiger partial charge on any atom is -0.479 e. The largest absolute Gasteiger partial charge is 0.479 e. The second kappa shape index (κ2) is 6.14. The summed E-state index contributed by atoms with van der Waals surface area (Å²) in [6, 6.07) is 4.56. The van der Waals surface area contributed by atoms with E-state index in [1.165, 1.54) is 12.1 Å². The molecule has 0 aromatic heterocycles. The van der Waals surface area contributed by atoms with Crippen molar-refractivity contribution in [2.24, 2.45) is 0 Å². The summed E-state index contributed by atoms with van der Waals surface area (Å²) in [5.74, 6) is -1.60. The Balaban J connectivity index is 3.02. The average molecular weight is 322 g/mol. The standard InChI is InChI=1S/C11H10BrClO4/c12-9-2-1-6(10(15)11(16)17)3-7(9)4-8(14)5-13/h1-3,10,15H,4-5H2,(H,16,17). The molecular weight excluding hydrogens is 311 g/mol. The number of aliphatic hydroxyl groups is 1. The van der Waals surface area contributed by atoms with Crippen molar-refractivity contribution >= 4 is 39.3 Å². The Hall–Kier alpha value is -0.910. The van der Waals surface area contributed by atoms with Crippen molar-refractivity contribution in [2.45, 2.75) is 12.5 Å². The zero-order valence-electron chi connectivity index (χ0n) is 8.69. The lowest BCUT2D eigenvalue weighted by Gasteiger charge is -2.09. The zero-order chi connectivity index (χ0) is 13.0. The fraction of sp³-hybridized carbons (Fsp3) is 0.273. The molecule has 0 aliphatic carbocycles. The summed E-state index contributed by atoms with van der Waals surface area (Å²) in [5.41, 5.74) is 0.839. The summed E-state index contributed by atoms with van der Waals surface area (Å²) < 4.78 is 0.678. The Morgan fingerprint density at radius 3 is 2.59 bits per heavy atom. The number of alkyl halides is 1. The van der Waals surface area contributed by atoms with E-state index in [0.29, 0.717) is 10.0 Å². The topological polar surface area (TPSA) is 74.6 Å². The number of aliphatic carboxylic acids is 1. The van der Waals surface area contributed by atoms with Crippen LogP contribution >= 0.6 is 27.5 Å². The highest BCUT2D eigenvalue weighted by Gasteiger charge is 2.17. The summed E-state index contributed by atoms with van der Waals surface area (Å²) in [6.07, 6.45) is -1.49. The fourth-order valence-electron chi connectivity index (χ4n) is 1.30. The third-order valence-corrected chi connectivity index (χ3v) is 3.23. The van der Waals surface area contributed by atoms with Crippen LogP contribution in [-0.4, -0.2) is 27.8 Å². The van der Waals surface area contributed by atoms with Gasteiger partial charge in [-0.15, -0.1) is 11.6 Å².